The average Bonchev–Trinajstić information content (AvgIpc) is 2.84. The van der Waals surface area contributed by atoms with Crippen molar-refractivity contribution in [1.82, 2.24) is 24.4 Å². The minimum Gasteiger partial charge on any atom is -0.351 e. The lowest BCUT2D eigenvalue weighted by Crippen LogP contribution is -2.38. The van der Waals surface area contributed by atoms with Crippen molar-refractivity contribution in [3.8, 4) is 0 Å². The van der Waals surface area contributed by atoms with Crippen molar-refractivity contribution in [1.29, 1.82) is 0 Å². The van der Waals surface area contributed by atoms with E-state index in [0.717, 1.165) is 35.8 Å². The molecule has 33 heavy (non-hydrogen) atoms. The standard InChI is InChI=1S/C24H29N5O3S/c1-15-9-11-16(12-10-15)13-25-18(30)14-33-22-19-21(28(2)24(32)29(3)23(19)31)26-20(27-22)17-7-5-4-6-8-17/h9-12,17H,4-8,13-14H2,1-3H3,(H,25,30). The van der Waals surface area contributed by atoms with Crippen LogP contribution in [0.4, 0.5) is 0 Å². The number of carbonyl (C=O) groups is 1. The van der Waals surface area contributed by atoms with Crippen molar-refractivity contribution in [2.45, 2.75) is 56.5 Å². The molecule has 1 amide bonds. The summed E-state index contributed by atoms with van der Waals surface area (Å²) < 4.78 is 2.46. The first kappa shape index (κ1) is 23.2. The number of rotatable bonds is 6. The summed E-state index contributed by atoms with van der Waals surface area (Å²) in [6.07, 6.45) is 5.42. The van der Waals surface area contributed by atoms with Gasteiger partial charge in [-0.2, -0.15) is 0 Å². The number of thioether (sulfide) groups is 1. The number of carbonyl (C=O) groups excluding carboxylic acids is 1. The lowest BCUT2D eigenvalue weighted by molar-refractivity contribution is -0.118. The molecular weight excluding hydrogens is 438 g/mol. The predicted octanol–water partition coefficient (Wildman–Crippen LogP) is 2.79. The van der Waals surface area contributed by atoms with Crippen molar-refractivity contribution in [3.63, 3.8) is 0 Å². The molecule has 9 heteroatoms. The van der Waals surface area contributed by atoms with Gasteiger partial charge in [-0.25, -0.2) is 14.8 Å². The number of benzene rings is 1. The zero-order valence-electron chi connectivity index (χ0n) is 19.3. The van der Waals surface area contributed by atoms with E-state index in [9.17, 15) is 14.4 Å². The Morgan fingerprint density at radius 2 is 1.76 bits per heavy atom. The normalized spacial score (nSPS) is 14.5. The van der Waals surface area contributed by atoms with Gasteiger partial charge in [-0.15, -0.1) is 0 Å². The SMILES string of the molecule is Cc1ccc(CNC(=O)CSc2nc(C3CCCCC3)nc3c2c(=O)n(C)c(=O)n3C)cc1. The molecule has 4 rings (SSSR count). The van der Waals surface area contributed by atoms with Crippen LogP contribution in [0.15, 0.2) is 38.9 Å². The van der Waals surface area contributed by atoms with Crippen molar-refractivity contribution in [2.24, 2.45) is 14.1 Å². The Kier molecular flexibility index (Phi) is 6.97. The molecule has 1 fully saturated rings. The molecule has 0 atom stereocenters. The molecule has 0 unspecified atom stereocenters. The van der Waals surface area contributed by atoms with Gasteiger partial charge in [-0.3, -0.25) is 18.7 Å². The lowest BCUT2D eigenvalue weighted by atomic mass is 9.89. The summed E-state index contributed by atoms with van der Waals surface area (Å²) >= 11 is 1.22. The molecular formula is C24H29N5O3S. The van der Waals surface area contributed by atoms with Crippen LogP contribution < -0.4 is 16.6 Å². The Hall–Kier alpha value is -2.94. The van der Waals surface area contributed by atoms with Crippen LogP contribution in [0.3, 0.4) is 0 Å². The zero-order chi connectivity index (χ0) is 23.5. The molecule has 1 aliphatic carbocycles. The van der Waals surface area contributed by atoms with E-state index in [0.29, 0.717) is 23.0 Å². The highest BCUT2D eigenvalue weighted by Crippen LogP contribution is 2.33. The molecule has 2 aromatic heterocycles. The molecule has 1 aromatic carbocycles. The van der Waals surface area contributed by atoms with Crippen LogP contribution in [0.1, 0.15) is 55.0 Å². The summed E-state index contributed by atoms with van der Waals surface area (Å²) in [5, 5.41) is 3.67. The molecule has 1 aliphatic rings. The highest BCUT2D eigenvalue weighted by Gasteiger charge is 2.23. The number of fused-ring (bicyclic) bond motifs is 1. The average molecular weight is 468 g/mol. The molecule has 8 nitrogen and oxygen atoms in total. The monoisotopic (exact) mass is 467 g/mol. The van der Waals surface area contributed by atoms with E-state index >= 15 is 0 Å². The van der Waals surface area contributed by atoms with Crippen LogP contribution in [0.2, 0.25) is 0 Å². The minimum absolute atomic E-state index is 0.119. The quantitative estimate of drug-likeness (QED) is 0.442. The summed E-state index contributed by atoms with van der Waals surface area (Å²) in [4.78, 5) is 47.4. The maximum Gasteiger partial charge on any atom is 0.332 e. The summed E-state index contributed by atoms with van der Waals surface area (Å²) in [5.41, 5.74) is 1.66. The Morgan fingerprint density at radius 1 is 1.06 bits per heavy atom. The number of aryl methyl sites for hydroxylation is 2. The Morgan fingerprint density at radius 3 is 2.45 bits per heavy atom. The van der Waals surface area contributed by atoms with E-state index in [-0.39, 0.29) is 23.0 Å². The molecule has 0 bridgehead atoms. The third-order valence-electron chi connectivity index (χ3n) is 6.20. The van der Waals surface area contributed by atoms with Crippen LogP contribution in [0.5, 0.6) is 0 Å². The van der Waals surface area contributed by atoms with Gasteiger partial charge in [0.2, 0.25) is 5.91 Å². The summed E-state index contributed by atoms with van der Waals surface area (Å²) in [7, 11) is 3.06. The van der Waals surface area contributed by atoms with Gasteiger partial charge in [0.05, 0.1) is 5.75 Å². The third kappa shape index (κ3) is 5.03. The topological polar surface area (TPSA) is 98.9 Å². The molecule has 1 saturated carbocycles. The van der Waals surface area contributed by atoms with E-state index in [1.165, 1.54) is 35.4 Å². The van der Waals surface area contributed by atoms with Gasteiger partial charge in [0, 0.05) is 26.6 Å². The smallest absolute Gasteiger partial charge is 0.332 e. The number of nitrogens with zero attached hydrogens (tertiary/aromatic N) is 4. The predicted molar refractivity (Wildman–Crippen MR) is 130 cm³/mol. The van der Waals surface area contributed by atoms with Crippen LogP contribution in [-0.2, 0) is 25.4 Å². The molecule has 2 heterocycles. The van der Waals surface area contributed by atoms with Crippen LogP contribution in [0.25, 0.3) is 11.0 Å². The summed E-state index contributed by atoms with van der Waals surface area (Å²) in [5.74, 6) is 0.840. The summed E-state index contributed by atoms with van der Waals surface area (Å²) in [6.45, 7) is 2.46. The second-order valence-corrected chi connectivity index (χ2v) is 9.64. The molecule has 0 saturated heterocycles. The Labute approximate surface area is 196 Å². The first-order valence-corrected chi connectivity index (χ1v) is 12.3. The van der Waals surface area contributed by atoms with E-state index in [4.69, 9.17) is 4.98 Å². The number of nitrogens with one attached hydrogen (secondary N) is 1. The Bertz CT molecular complexity index is 1290. The van der Waals surface area contributed by atoms with E-state index in [1.54, 1.807) is 7.05 Å². The Balaban J connectivity index is 1.61. The second-order valence-electron chi connectivity index (χ2n) is 8.68. The summed E-state index contributed by atoms with van der Waals surface area (Å²) in [6, 6.07) is 7.99. The lowest BCUT2D eigenvalue weighted by Gasteiger charge is -2.21. The minimum atomic E-state index is -0.439. The third-order valence-corrected chi connectivity index (χ3v) is 7.18. The van der Waals surface area contributed by atoms with Gasteiger partial charge >= 0.3 is 5.69 Å². The van der Waals surface area contributed by atoms with Crippen LogP contribution in [0, 0.1) is 6.92 Å². The van der Waals surface area contributed by atoms with E-state index in [2.05, 4.69) is 10.3 Å². The first-order valence-electron chi connectivity index (χ1n) is 11.3. The van der Waals surface area contributed by atoms with Crippen molar-refractivity contribution in [3.05, 3.63) is 62.1 Å². The molecule has 1 N–H and O–H groups in total. The fraction of sp³-hybridized carbons (Fsp3) is 0.458. The zero-order valence-corrected chi connectivity index (χ0v) is 20.1. The highest BCUT2D eigenvalue weighted by molar-refractivity contribution is 8.00. The number of hydrogen-bond donors (Lipinski definition) is 1. The highest BCUT2D eigenvalue weighted by atomic mass is 32.2. The van der Waals surface area contributed by atoms with Gasteiger partial charge in [0.25, 0.3) is 5.56 Å². The van der Waals surface area contributed by atoms with Gasteiger partial charge in [-0.1, -0.05) is 60.9 Å². The fourth-order valence-corrected chi connectivity index (χ4v) is 5.04. The van der Waals surface area contributed by atoms with Crippen LogP contribution >= 0.6 is 11.8 Å². The molecule has 174 valence electrons. The van der Waals surface area contributed by atoms with Crippen molar-refractivity contribution < 1.29 is 4.79 Å². The van der Waals surface area contributed by atoms with Gasteiger partial charge < -0.3 is 5.32 Å². The molecule has 3 aromatic rings. The number of amides is 1. The van der Waals surface area contributed by atoms with Gasteiger partial charge in [-0.05, 0) is 25.3 Å². The first-order chi connectivity index (χ1) is 15.8. The van der Waals surface area contributed by atoms with Gasteiger partial charge in [0.15, 0.2) is 5.65 Å². The van der Waals surface area contributed by atoms with Gasteiger partial charge in [0.1, 0.15) is 16.2 Å². The molecule has 0 spiro atoms. The van der Waals surface area contributed by atoms with Crippen LogP contribution in [-0.4, -0.2) is 30.8 Å². The van der Waals surface area contributed by atoms with E-state index in [1.807, 2.05) is 31.2 Å². The van der Waals surface area contributed by atoms with Crippen molar-refractivity contribution >= 4 is 28.7 Å². The molecule has 0 radical (unpaired) electrons. The maximum atomic E-state index is 12.9. The van der Waals surface area contributed by atoms with Crippen molar-refractivity contribution in [2.75, 3.05) is 5.75 Å². The van der Waals surface area contributed by atoms with E-state index < -0.39 is 11.2 Å². The largest absolute Gasteiger partial charge is 0.351 e. The number of aromatic nitrogens is 4. The maximum absolute atomic E-state index is 12.9. The number of hydrogen-bond acceptors (Lipinski definition) is 6. The molecule has 0 aliphatic heterocycles. The fourth-order valence-electron chi connectivity index (χ4n) is 4.18. The second kappa shape index (κ2) is 9.91.